The number of hydrogen-bond donors (Lipinski definition) is 0. The van der Waals surface area contributed by atoms with Crippen molar-refractivity contribution < 1.29 is 8.42 Å². The van der Waals surface area contributed by atoms with E-state index in [0.29, 0.717) is 0 Å². The summed E-state index contributed by atoms with van der Waals surface area (Å²) in [4.78, 5) is 0.196. The van der Waals surface area contributed by atoms with Crippen molar-refractivity contribution in [3.63, 3.8) is 0 Å². The highest BCUT2D eigenvalue weighted by Crippen LogP contribution is 2.28. The number of sulfone groups is 1. The predicted octanol–water partition coefficient (Wildman–Crippen LogP) is 3.06. The molecule has 1 aromatic carbocycles. The van der Waals surface area contributed by atoms with Gasteiger partial charge in [0, 0.05) is 0 Å². The molecular weight excluding hydrogens is 246 g/mol. The molecule has 4 heteroatoms. The highest BCUT2D eigenvalue weighted by Gasteiger charge is 2.35. The van der Waals surface area contributed by atoms with E-state index >= 15 is 0 Å². The van der Waals surface area contributed by atoms with Gasteiger partial charge in [-0.05, 0) is 37.0 Å². The van der Waals surface area contributed by atoms with E-state index in [4.69, 9.17) is 5.26 Å². The Balaban J connectivity index is 3.27. The summed E-state index contributed by atoms with van der Waals surface area (Å²) in [7, 11) is -3.61. The van der Waals surface area contributed by atoms with E-state index in [1.54, 1.807) is 24.3 Å². The molecule has 1 aromatic rings. The van der Waals surface area contributed by atoms with E-state index in [1.807, 2.05) is 6.07 Å². The van der Waals surface area contributed by atoms with Crippen LogP contribution in [-0.2, 0) is 15.3 Å². The lowest BCUT2D eigenvalue weighted by Crippen LogP contribution is -2.30. The second-order valence-electron chi connectivity index (χ2n) is 5.90. The molecule has 0 N–H and O–H groups in total. The van der Waals surface area contributed by atoms with Gasteiger partial charge in [0.15, 0.2) is 14.6 Å². The first-order chi connectivity index (χ1) is 8.02. The van der Waals surface area contributed by atoms with Gasteiger partial charge in [0.05, 0.1) is 11.0 Å². The van der Waals surface area contributed by atoms with Gasteiger partial charge < -0.3 is 0 Å². The molecule has 0 radical (unpaired) electrons. The summed E-state index contributed by atoms with van der Waals surface area (Å²) < 4.78 is 23.0. The fourth-order valence-corrected chi connectivity index (χ4v) is 2.69. The van der Waals surface area contributed by atoms with Crippen LogP contribution in [0.3, 0.4) is 0 Å². The molecule has 0 aromatic heterocycles. The number of nitriles is 1. The molecule has 0 spiro atoms. The minimum atomic E-state index is -3.61. The van der Waals surface area contributed by atoms with Gasteiger partial charge in [-0.2, -0.15) is 5.26 Å². The summed E-state index contributed by atoms with van der Waals surface area (Å²) in [6.45, 7) is 9.03. The van der Waals surface area contributed by atoms with Crippen LogP contribution in [0.5, 0.6) is 0 Å². The van der Waals surface area contributed by atoms with Gasteiger partial charge in [-0.1, -0.05) is 32.9 Å². The van der Waals surface area contributed by atoms with E-state index in [2.05, 4.69) is 20.8 Å². The molecule has 0 saturated carbocycles. The number of rotatable bonds is 2. The minimum absolute atomic E-state index is 0.0208. The van der Waals surface area contributed by atoms with Gasteiger partial charge in [-0.15, -0.1) is 0 Å². The van der Waals surface area contributed by atoms with E-state index in [0.717, 1.165) is 5.56 Å². The first-order valence-corrected chi connectivity index (χ1v) is 7.27. The maximum atomic E-state index is 12.2. The molecule has 0 aliphatic carbocycles. The van der Waals surface area contributed by atoms with E-state index in [1.165, 1.54) is 13.8 Å². The van der Waals surface area contributed by atoms with Crippen molar-refractivity contribution in [3.05, 3.63) is 29.8 Å². The van der Waals surface area contributed by atoms with Crippen molar-refractivity contribution in [2.24, 2.45) is 0 Å². The smallest absolute Gasteiger partial charge is 0.196 e. The van der Waals surface area contributed by atoms with Crippen LogP contribution in [0.2, 0.25) is 0 Å². The molecule has 1 rings (SSSR count). The maximum Gasteiger partial charge on any atom is 0.196 e. The fourth-order valence-electron chi connectivity index (χ4n) is 1.49. The highest BCUT2D eigenvalue weighted by molar-refractivity contribution is 7.93. The molecule has 98 valence electrons. The van der Waals surface area contributed by atoms with Gasteiger partial charge in [-0.25, -0.2) is 8.42 Å². The molecule has 0 atom stereocenters. The molecule has 3 nitrogen and oxygen atoms in total. The zero-order chi connectivity index (χ0) is 14.2. The van der Waals surface area contributed by atoms with Crippen molar-refractivity contribution in [3.8, 4) is 6.07 Å². The van der Waals surface area contributed by atoms with Crippen LogP contribution in [0.25, 0.3) is 0 Å². The molecule has 18 heavy (non-hydrogen) atoms. The lowest BCUT2D eigenvalue weighted by Gasteiger charge is -2.20. The summed E-state index contributed by atoms with van der Waals surface area (Å²) >= 11 is 0. The quantitative estimate of drug-likeness (QED) is 0.825. The second kappa shape index (κ2) is 4.40. The lowest BCUT2D eigenvalue weighted by molar-refractivity contribution is 0.572. The standard InChI is InChI=1S/C14H19NO2S/c1-13(2,3)11-6-8-12(9-7-11)18(16,17)14(4,5)10-15/h6-9H,1-5H3. The summed E-state index contributed by atoms with van der Waals surface area (Å²) in [6, 6.07) is 8.61. The predicted molar refractivity (Wildman–Crippen MR) is 72.0 cm³/mol. The fraction of sp³-hybridized carbons (Fsp3) is 0.500. The van der Waals surface area contributed by atoms with Crippen LogP contribution < -0.4 is 0 Å². The van der Waals surface area contributed by atoms with Gasteiger partial charge >= 0.3 is 0 Å². The van der Waals surface area contributed by atoms with E-state index in [-0.39, 0.29) is 10.3 Å². The Morgan fingerprint density at radius 1 is 1.00 bits per heavy atom. The number of hydrogen-bond acceptors (Lipinski definition) is 3. The Hall–Kier alpha value is -1.34. The molecular formula is C14H19NO2S. The number of benzene rings is 1. The van der Waals surface area contributed by atoms with Gasteiger partial charge in [0.2, 0.25) is 0 Å². The van der Waals surface area contributed by atoms with Crippen LogP contribution in [0.4, 0.5) is 0 Å². The van der Waals surface area contributed by atoms with Crippen molar-refractivity contribution in [1.29, 1.82) is 5.26 Å². The third-order valence-corrected chi connectivity index (χ3v) is 5.30. The zero-order valence-electron chi connectivity index (χ0n) is 11.5. The van der Waals surface area contributed by atoms with Crippen LogP contribution in [0.15, 0.2) is 29.2 Å². The molecule has 0 bridgehead atoms. The Labute approximate surface area is 109 Å². The Bertz CT molecular complexity index is 570. The van der Waals surface area contributed by atoms with Crippen molar-refractivity contribution >= 4 is 9.84 Å². The summed E-state index contributed by atoms with van der Waals surface area (Å²) in [5.41, 5.74) is 1.05. The van der Waals surface area contributed by atoms with Crippen LogP contribution >= 0.6 is 0 Å². The van der Waals surface area contributed by atoms with Crippen molar-refractivity contribution in [2.45, 2.75) is 49.7 Å². The first kappa shape index (κ1) is 14.7. The molecule has 0 heterocycles. The molecule has 0 fully saturated rings. The van der Waals surface area contributed by atoms with Gasteiger partial charge in [0.1, 0.15) is 0 Å². The lowest BCUT2D eigenvalue weighted by atomic mass is 9.87. The zero-order valence-corrected chi connectivity index (χ0v) is 12.3. The topological polar surface area (TPSA) is 57.9 Å². The van der Waals surface area contributed by atoms with Crippen molar-refractivity contribution in [1.82, 2.24) is 0 Å². The summed E-state index contributed by atoms with van der Waals surface area (Å²) in [6.07, 6.45) is 0. The van der Waals surface area contributed by atoms with Crippen LogP contribution in [0, 0.1) is 11.3 Å². The van der Waals surface area contributed by atoms with Gasteiger partial charge in [-0.3, -0.25) is 0 Å². The van der Waals surface area contributed by atoms with Crippen LogP contribution in [-0.4, -0.2) is 13.2 Å². The average molecular weight is 265 g/mol. The SMILES string of the molecule is CC(C)(C)c1ccc(S(=O)(=O)C(C)(C)C#N)cc1. The molecule has 0 amide bonds. The third-order valence-electron chi connectivity index (χ3n) is 2.97. The van der Waals surface area contributed by atoms with Crippen molar-refractivity contribution in [2.75, 3.05) is 0 Å². The highest BCUT2D eigenvalue weighted by atomic mass is 32.2. The van der Waals surface area contributed by atoms with Crippen LogP contribution in [0.1, 0.15) is 40.2 Å². The van der Waals surface area contributed by atoms with E-state index in [9.17, 15) is 8.42 Å². The Kier molecular flexibility index (Phi) is 3.60. The summed E-state index contributed by atoms with van der Waals surface area (Å²) in [5.74, 6) is 0. The number of nitrogens with zero attached hydrogens (tertiary/aromatic N) is 1. The first-order valence-electron chi connectivity index (χ1n) is 5.79. The molecule has 0 aliphatic heterocycles. The minimum Gasteiger partial charge on any atom is -0.222 e. The normalized spacial score (nSPS) is 13.1. The Morgan fingerprint density at radius 3 is 1.78 bits per heavy atom. The largest absolute Gasteiger partial charge is 0.222 e. The van der Waals surface area contributed by atoms with E-state index < -0.39 is 14.6 Å². The third kappa shape index (κ3) is 2.56. The Morgan fingerprint density at radius 2 is 1.44 bits per heavy atom. The maximum absolute atomic E-state index is 12.2. The molecule has 0 unspecified atom stereocenters. The molecule has 0 aliphatic rings. The monoisotopic (exact) mass is 265 g/mol. The average Bonchev–Trinajstić information content (AvgIpc) is 2.27. The van der Waals surface area contributed by atoms with Gasteiger partial charge in [0.25, 0.3) is 0 Å². The summed E-state index contributed by atoms with van der Waals surface area (Å²) in [5, 5.41) is 8.95. The molecule has 0 saturated heterocycles. The second-order valence-corrected chi connectivity index (χ2v) is 8.40.